The Morgan fingerprint density at radius 3 is 2.57 bits per heavy atom. The van der Waals surface area contributed by atoms with Crippen molar-refractivity contribution in [3.05, 3.63) is 0 Å². The van der Waals surface area contributed by atoms with E-state index >= 15 is 0 Å². The fourth-order valence-electron chi connectivity index (χ4n) is 2.73. The van der Waals surface area contributed by atoms with Gasteiger partial charge in [-0.25, -0.2) is 0 Å². The zero-order chi connectivity index (χ0) is 15.9. The van der Waals surface area contributed by atoms with Crippen LogP contribution < -0.4 is 0 Å². The maximum Gasteiger partial charge on any atom is 0.303 e. The molecule has 122 valence electrons. The van der Waals surface area contributed by atoms with Crippen molar-refractivity contribution in [2.75, 3.05) is 5.75 Å². The fraction of sp³-hybridized carbons (Fsp3) is 0.875. The van der Waals surface area contributed by atoms with Gasteiger partial charge in [0.15, 0.2) is 0 Å². The minimum Gasteiger partial charge on any atom is -0.481 e. The quantitative estimate of drug-likeness (QED) is 0.605. The lowest BCUT2D eigenvalue weighted by Gasteiger charge is -2.22. The van der Waals surface area contributed by atoms with E-state index in [4.69, 9.17) is 5.11 Å². The number of carbonyl (C=O) groups is 2. The second-order valence-electron chi connectivity index (χ2n) is 6.62. The molecule has 0 aromatic rings. The molecule has 0 saturated heterocycles. The van der Waals surface area contributed by atoms with Gasteiger partial charge in [0.25, 0.3) is 0 Å². The van der Waals surface area contributed by atoms with Crippen molar-refractivity contribution in [1.82, 2.24) is 0 Å². The van der Waals surface area contributed by atoms with Gasteiger partial charge in [-0.15, -0.1) is 0 Å². The van der Waals surface area contributed by atoms with E-state index < -0.39 is 11.6 Å². The first-order valence-electron chi connectivity index (χ1n) is 7.88. The van der Waals surface area contributed by atoms with Crippen LogP contribution in [0.3, 0.4) is 0 Å². The molecular formula is C16H28O4S. The van der Waals surface area contributed by atoms with Crippen molar-refractivity contribution in [3.8, 4) is 0 Å². The number of unbranched alkanes of at least 4 members (excludes halogenated alkanes) is 3. The van der Waals surface area contributed by atoms with Crippen LogP contribution in [-0.4, -0.2) is 38.6 Å². The van der Waals surface area contributed by atoms with E-state index in [-0.39, 0.29) is 12.3 Å². The highest BCUT2D eigenvalue weighted by Crippen LogP contribution is 2.37. The number of aliphatic carboxylic acids is 1. The molecule has 1 aliphatic carbocycles. The highest BCUT2D eigenvalue weighted by atomic mass is 32.2. The lowest BCUT2D eigenvalue weighted by Crippen LogP contribution is -2.25. The molecule has 2 N–H and O–H groups in total. The van der Waals surface area contributed by atoms with Gasteiger partial charge < -0.3 is 10.2 Å². The number of thioether (sulfide) groups is 1. The number of carboxylic acids is 1. The van der Waals surface area contributed by atoms with Crippen molar-refractivity contribution in [1.29, 1.82) is 0 Å². The van der Waals surface area contributed by atoms with Gasteiger partial charge in [-0.3, -0.25) is 9.59 Å². The van der Waals surface area contributed by atoms with E-state index in [1.165, 1.54) is 0 Å². The first kappa shape index (κ1) is 18.5. The summed E-state index contributed by atoms with van der Waals surface area (Å²) in [5.41, 5.74) is -0.683. The number of rotatable bonds is 10. The van der Waals surface area contributed by atoms with E-state index in [2.05, 4.69) is 0 Å². The van der Waals surface area contributed by atoms with Crippen LogP contribution in [0.1, 0.15) is 65.2 Å². The zero-order valence-corrected chi connectivity index (χ0v) is 14.0. The van der Waals surface area contributed by atoms with E-state index in [0.717, 1.165) is 38.5 Å². The van der Waals surface area contributed by atoms with Crippen LogP contribution in [0, 0.1) is 5.92 Å². The van der Waals surface area contributed by atoms with Crippen LogP contribution in [0.4, 0.5) is 0 Å². The third-order valence-electron chi connectivity index (χ3n) is 3.84. The Kier molecular flexibility index (Phi) is 7.74. The maximum absolute atomic E-state index is 12.0. The summed E-state index contributed by atoms with van der Waals surface area (Å²) in [6.45, 7) is 3.60. The monoisotopic (exact) mass is 316 g/mol. The number of Topliss-reactive ketones (excluding diaryl/α,β-unsaturated/α-hetero) is 1. The number of carbonyl (C=O) groups excluding carboxylic acids is 1. The van der Waals surface area contributed by atoms with Gasteiger partial charge in [0.1, 0.15) is 5.78 Å². The first-order valence-corrected chi connectivity index (χ1v) is 8.93. The second kappa shape index (κ2) is 8.79. The Balaban J connectivity index is 2.23. The summed E-state index contributed by atoms with van der Waals surface area (Å²) in [4.78, 5) is 22.4. The van der Waals surface area contributed by atoms with Crippen LogP contribution >= 0.6 is 11.8 Å². The average molecular weight is 316 g/mol. The van der Waals surface area contributed by atoms with E-state index in [9.17, 15) is 14.7 Å². The standard InChI is InChI=1S/C16H28O4S/c1-16(2,20)11-21-14-10-9-13(17)12(14)7-5-3-4-6-8-15(18)19/h12,14,20H,3-11H2,1-2H3,(H,18,19). The summed E-state index contributed by atoms with van der Waals surface area (Å²) < 4.78 is 0. The first-order chi connectivity index (χ1) is 9.79. The molecule has 2 unspecified atom stereocenters. The second-order valence-corrected chi connectivity index (χ2v) is 7.85. The van der Waals surface area contributed by atoms with Gasteiger partial charge >= 0.3 is 5.97 Å². The molecule has 0 aromatic heterocycles. The largest absolute Gasteiger partial charge is 0.481 e. The van der Waals surface area contributed by atoms with Crippen molar-refractivity contribution in [2.45, 2.75) is 76.1 Å². The lowest BCUT2D eigenvalue weighted by molar-refractivity contribution is -0.137. The van der Waals surface area contributed by atoms with Crippen LogP contribution in [0.25, 0.3) is 0 Å². The van der Waals surface area contributed by atoms with Crippen molar-refractivity contribution in [2.24, 2.45) is 5.92 Å². The average Bonchev–Trinajstić information content (AvgIpc) is 2.71. The maximum atomic E-state index is 12.0. The van der Waals surface area contributed by atoms with Gasteiger partial charge in [0.05, 0.1) is 5.60 Å². The molecule has 1 fully saturated rings. The summed E-state index contributed by atoms with van der Waals surface area (Å²) in [7, 11) is 0. The fourth-order valence-corrected chi connectivity index (χ4v) is 4.16. The Labute approximate surface area is 131 Å². The molecule has 0 amide bonds. The molecule has 1 rings (SSSR count). The smallest absolute Gasteiger partial charge is 0.303 e. The normalized spacial score (nSPS) is 22.7. The van der Waals surface area contributed by atoms with Crippen LogP contribution in [0.15, 0.2) is 0 Å². The molecular weight excluding hydrogens is 288 g/mol. The van der Waals surface area contributed by atoms with Gasteiger partial charge in [-0.2, -0.15) is 11.8 Å². The molecule has 0 radical (unpaired) electrons. The number of hydrogen-bond acceptors (Lipinski definition) is 4. The molecule has 21 heavy (non-hydrogen) atoms. The van der Waals surface area contributed by atoms with Crippen molar-refractivity contribution < 1.29 is 19.8 Å². The van der Waals surface area contributed by atoms with Crippen LogP contribution in [-0.2, 0) is 9.59 Å². The minimum absolute atomic E-state index is 0.136. The molecule has 1 aliphatic rings. The van der Waals surface area contributed by atoms with Gasteiger partial charge in [-0.05, 0) is 33.1 Å². The summed E-state index contributed by atoms with van der Waals surface area (Å²) in [6.07, 6.45) is 6.41. The highest BCUT2D eigenvalue weighted by Gasteiger charge is 2.35. The summed E-state index contributed by atoms with van der Waals surface area (Å²) >= 11 is 1.73. The van der Waals surface area contributed by atoms with Crippen molar-refractivity contribution >= 4 is 23.5 Å². The Hall–Kier alpha value is -0.550. The van der Waals surface area contributed by atoms with Gasteiger partial charge in [-0.1, -0.05) is 19.3 Å². The summed E-state index contributed by atoms with van der Waals surface area (Å²) in [6, 6.07) is 0. The Morgan fingerprint density at radius 1 is 1.29 bits per heavy atom. The Bertz CT molecular complexity index is 349. The summed E-state index contributed by atoms with van der Waals surface area (Å²) in [5.74, 6) is 0.440. The van der Waals surface area contributed by atoms with Gasteiger partial charge in [0, 0.05) is 29.8 Å². The third kappa shape index (κ3) is 7.86. The number of aliphatic hydroxyl groups is 1. The molecule has 4 nitrogen and oxygen atoms in total. The minimum atomic E-state index is -0.732. The van der Waals surface area contributed by atoms with Crippen LogP contribution in [0.2, 0.25) is 0 Å². The molecule has 0 aliphatic heterocycles. The van der Waals surface area contributed by atoms with Crippen molar-refractivity contribution in [3.63, 3.8) is 0 Å². The topological polar surface area (TPSA) is 74.6 Å². The highest BCUT2D eigenvalue weighted by molar-refractivity contribution is 8.00. The molecule has 2 atom stereocenters. The SMILES string of the molecule is CC(C)(O)CSC1CCC(=O)C1CCCCCCC(=O)O. The number of carboxylic acid groups (broad SMARTS) is 1. The van der Waals surface area contributed by atoms with Crippen LogP contribution in [0.5, 0.6) is 0 Å². The number of hydrogen-bond donors (Lipinski definition) is 2. The molecule has 0 heterocycles. The van der Waals surface area contributed by atoms with E-state index in [0.29, 0.717) is 23.2 Å². The number of ketones is 1. The predicted octanol–water partition coefficient (Wildman–Crippen LogP) is 3.26. The molecule has 5 heteroatoms. The molecule has 1 saturated carbocycles. The zero-order valence-electron chi connectivity index (χ0n) is 13.1. The molecule has 0 aromatic carbocycles. The molecule has 0 spiro atoms. The third-order valence-corrected chi connectivity index (χ3v) is 5.71. The Morgan fingerprint density at radius 2 is 1.95 bits per heavy atom. The van der Waals surface area contributed by atoms with Gasteiger partial charge in [0.2, 0.25) is 0 Å². The predicted molar refractivity (Wildman–Crippen MR) is 85.6 cm³/mol. The van der Waals surface area contributed by atoms with E-state index in [1.807, 2.05) is 0 Å². The van der Waals surface area contributed by atoms with E-state index in [1.54, 1.807) is 25.6 Å². The lowest BCUT2D eigenvalue weighted by atomic mass is 9.98. The molecule has 0 bridgehead atoms. The summed E-state index contributed by atoms with van der Waals surface area (Å²) in [5, 5.41) is 18.7.